The average Bonchev–Trinajstić information content (AvgIpc) is 2.70. The average molecular weight is 340 g/mol. The predicted octanol–water partition coefficient (Wildman–Crippen LogP) is 1.38. The number of anilines is 1. The van der Waals surface area contributed by atoms with E-state index in [1.54, 1.807) is 13.3 Å². The molecule has 2 aromatic heterocycles. The number of guanidine groups is 1. The summed E-state index contributed by atoms with van der Waals surface area (Å²) in [6.07, 6.45) is 3.59. The molecule has 0 aromatic carbocycles. The molecular formula is C18H24N6O. The lowest BCUT2D eigenvalue weighted by Gasteiger charge is -2.37. The van der Waals surface area contributed by atoms with Gasteiger partial charge in [-0.15, -0.1) is 0 Å². The molecule has 0 unspecified atom stereocenters. The largest absolute Gasteiger partial charge is 0.481 e. The number of nitrogens with one attached hydrogen (secondary N) is 1. The SMILES string of the molecule is CN=C(NCc1ccnc(OC)c1)N1CCN(c2ccccn2)CC1. The number of methoxy groups -OCH3 is 1. The molecule has 7 nitrogen and oxygen atoms in total. The van der Waals surface area contributed by atoms with E-state index >= 15 is 0 Å². The lowest BCUT2D eigenvalue weighted by molar-refractivity contribution is 0.371. The number of hydrogen-bond donors (Lipinski definition) is 1. The standard InChI is InChI=1S/C18H24N6O/c1-19-18(22-14-15-6-8-21-17(13-15)25-2)24-11-9-23(10-12-24)16-5-3-4-7-20-16/h3-8,13H,9-12,14H2,1-2H3,(H,19,22). The molecule has 0 atom stereocenters. The van der Waals surface area contributed by atoms with Gasteiger partial charge in [-0.3, -0.25) is 4.99 Å². The number of rotatable bonds is 4. The van der Waals surface area contributed by atoms with Gasteiger partial charge < -0.3 is 19.9 Å². The van der Waals surface area contributed by atoms with Gasteiger partial charge >= 0.3 is 0 Å². The summed E-state index contributed by atoms with van der Waals surface area (Å²) >= 11 is 0. The molecule has 0 aliphatic carbocycles. The third kappa shape index (κ3) is 4.37. The monoisotopic (exact) mass is 340 g/mol. The second-order valence-electron chi connectivity index (χ2n) is 5.77. The first-order valence-electron chi connectivity index (χ1n) is 8.40. The molecule has 0 bridgehead atoms. The minimum atomic E-state index is 0.623. The van der Waals surface area contributed by atoms with E-state index < -0.39 is 0 Å². The van der Waals surface area contributed by atoms with E-state index in [4.69, 9.17) is 4.74 Å². The van der Waals surface area contributed by atoms with Gasteiger partial charge in [0.15, 0.2) is 5.96 Å². The number of pyridine rings is 2. The molecule has 0 radical (unpaired) electrons. The molecule has 132 valence electrons. The smallest absolute Gasteiger partial charge is 0.213 e. The van der Waals surface area contributed by atoms with Crippen LogP contribution in [-0.2, 0) is 6.54 Å². The third-order valence-electron chi connectivity index (χ3n) is 4.22. The molecule has 0 saturated carbocycles. The van der Waals surface area contributed by atoms with Crippen LogP contribution in [0.15, 0.2) is 47.7 Å². The van der Waals surface area contributed by atoms with Gasteiger partial charge in [-0.25, -0.2) is 9.97 Å². The van der Waals surface area contributed by atoms with Crippen LogP contribution in [0.4, 0.5) is 5.82 Å². The Morgan fingerprint density at radius 2 is 2.00 bits per heavy atom. The fourth-order valence-corrected chi connectivity index (χ4v) is 2.87. The van der Waals surface area contributed by atoms with Gasteiger partial charge in [0.05, 0.1) is 7.11 Å². The maximum Gasteiger partial charge on any atom is 0.213 e. The highest BCUT2D eigenvalue weighted by atomic mass is 16.5. The van der Waals surface area contributed by atoms with Gasteiger partial charge in [-0.05, 0) is 23.8 Å². The number of aromatic nitrogens is 2. The lowest BCUT2D eigenvalue weighted by Crippen LogP contribution is -2.52. The minimum absolute atomic E-state index is 0.623. The van der Waals surface area contributed by atoms with Crippen molar-refractivity contribution >= 4 is 11.8 Å². The number of piperazine rings is 1. The van der Waals surface area contributed by atoms with E-state index in [-0.39, 0.29) is 0 Å². The summed E-state index contributed by atoms with van der Waals surface area (Å²) in [7, 11) is 3.44. The summed E-state index contributed by atoms with van der Waals surface area (Å²) < 4.78 is 5.17. The van der Waals surface area contributed by atoms with E-state index in [1.165, 1.54) is 0 Å². The van der Waals surface area contributed by atoms with E-state index in [0.717, 1.165) is 43.5 Å². The number of hydrogen-bond acceptors (Lipinski definition) is 5. The van der Waals surface area contributed by atoms with Crippen LogP contribution in [0.3, 0.4) is 0 Å². The van der Waals surface area contributed by atoms with Crippen molar-refractivity contribution in [3.05, 3.63) is 48.3 Å². The van der Waals surface area contributed by atoms with Crippen LogP contribution in [0.2, 0.25) is 0 Å². The van der Waals surface area contributed by atoms with Gasteiger partial charge in [-0.1, -0.05) is 6.07 Å². The van der Waals surface area contributed by atoms with Crippen molar-refractivity contribution in [2.45, 2.75) is 6.54 Å². The summed E-state index contributed by atoms with van der Waals surface area (Å²) in [6.45, 7) is 4.37. The van der Waals surface area contributed by atoms with Crippen molar-refractivity contribution in [1.82, 2.24) is 20.2 Å². The van der Waals surface area contributed by atoms with E-state index in [1.807, 2.05) is 37.5 Å². The highest BCUT2D eigenvalue weighted by Gasteiger charge is 2.20. The van der Waals surface area contributed by atoms with E-state index in [2.05, 4.69) is 36.1 Å². The molecular weight excluding hydrogens is 316 g/mol. The van der Waals surface area contributed by atoms with Crippen LogP contribution in [0.1, 0.15) is 5.56 Å². The fraction of sp³-hybridized carbons (Fsp3) is 0.389. The van der Waals surface area contributed by atoms with Crippen molar-refractivity contribution in [1.29, 1.82) is 0 Å². The topological polar surface area (TPSA) is 65.9 Å². The Labute approximate surface area is 148 Å². The molecule has 1 aliphatic heterocycles. The second kappa shape index (κ2) is 8.32. The normalized spacial score (nSPS) is 15.2. The molecule has 1 fully saturated rings. The first-order chi connectivity index (χ1) is 12.3. The molecule has 1 aliphatic rings. The zero-order chi connectivity index (χ0) is 17.5. The Hall–Kier alpha value is -2.83. The van der Waals surface area contributed by atoms with Crippen LogP contribution < -0.4 is 15.0 Å². The maximum atomic E-state index is 5.17. The van der Waals surface area contributed by atoms with Crippen LogP contribution in [-0.4, -0.2) is 61.2 Å². The molecule has 1 saturated heterocycles. The quantitative estimate of drug-likeness (QED) is 0.670. The summed E-state index contributed by atoms with van der Waals surface area (Å²) in [5.74, 6) is 2.57. The third-order valence-corrected chi connectivity index (χ3v) is 4.22. The Morgan fingerprint density at radius 3 is 2.68 bits per heavy atom. The van der Waals surface area contributed by atoms with Crippen molar-refractivity contribution in [3.8, 4) is 5.88 Å². The Bertz CT molecular complexity index is 698. The fourth-order valence-electron chi connectivity index (χ4n) is 2.87. The summed E-state index contributed by atoms with van der Waals surface area (Å²) in [5, 5.41) is 3.42. The second-order valence-corrected chi connectivity index (χ2v) is 5.77. The van der Waals surface area contributed by atoms with Gasteiger partial charge in [0.2, 0.25) is 5.88 Å². The highest BCUT2D eigenvalue weighted by molar-refractivity contribution is 5.80. The Morgan fingerprint density at radius 1 is 1.16 bits per heavy atom. The first-order valence-corrected chi connectivity index (χ1v) is 8.40. The van der Waals surface area contributed by atoms with Crippen LogP contribution in [0.5, 0.6) is 5.88 Å². The van der Waals surface area contributed by atoms with Gasteiger partial charge in [0, 0.05) is 58.2 Å². The summed E-state index contributed by atoms with van der Waals surface area (Å²) in [4.78, 5) is 17.6. The zero-order valence-corrected chi connectivity index (χ0v) is 14.7. The minimum Gasteiger partial charge on any atom is -0.481 e. The first kappa shape index (κ1) is 17.0. The van der Waals surface area contributed by atoms with Gasteiger partial charge in [0.25, 0.3) is 0 Å². The van der Waals surface area contributed by atoms with Crippen LogP contribution in [0.25, 0.3) is 0 Å². The molecule has 0 spiro atoms. The molecule has 2 aromatic rings. The number of ether oxygens (including phenoxy) is 1. The van der Waals surface area contributed by atoms with Crippen LogP contribution in [0, 0.1) is 0 Å². The highest BCUT2D eigenvalue weighted by Crippen LogP contribution is 2.13. The van der Waals surface area contributed by atoms with Crippen molar-refractivity contribution in [3.63, 3.8) is 0 Å². The van der Waals surface area contributed by atoms with Crippen LogP contribution >= 0.6 is 0 Å². The molecule has 0 amide bonds. The molecule has 1 N–H and O–H groups in total. The number of aliphatic imine (C=N–C) groups is 1. The lowest BCUT2D eigenvalue weighted by atomic mass is 10.2. The molecule has 7 heteroatoms. The Balaban J connectivity index is 1.54. The van der Waals surface area contributed by atoms with E-state index in [9.17, 15) is 0 Å². The van der Waals surface area contributed by atoms with Crippen molar-refractivity contribution in [2.75, 3.05) is 45.2 Å². The van der Waals surface area contributed by atoms with Crippen molar-refractivity contribution < 1.29 is 4.74 Å². The summed E-state index contributed by atoms with van der Waals surface area (Å²) in [5.41, 5.74) is 1.11. The molecule has 3 rings (SSSR count). The predicted molar refractivity (Wildman–Crippen MR) is 99.0 cm³/mol. The van der Waals surface area contributed by atoms with Gasteiger partial charge in [0.1, 0.15) is 5.82 Å². The summed E-state index contributed by atoms with van der Waals surface area (Å²) in [6, 6.07) is 9.93. The van der Waals surface area contributed by atoms with Gasteiger partial charge in [-0.2, -0.15) is 0 Å². The zero-order valence-electron chi connectivity index (χ0n) is 14.7. The Kier molecular flexibility index (Phi) is 5.66. The number of nitrogens with zero attached hydrogens (tertiary/aromatic N) is 5. The van der Waals surface area contributed by atoms with E-state index in [0.29, 0.717) is 12.4 Å². The molecule has 25 heavy (non-hydrogen) atoms. The maximum absolute atomic E-state index is 5.17. The molecule has 3 heterocycles. The van der Waals surface area contributed by atoms with Crippen molar-refractivity contribution in [2.24, 2.45) is 4.99 Å².